The van der Waals surface area contributed by atoms with Crippen LogP contribution < -0.4 is 5.73 Å². The number of hydrogen-bond donors (Lipinski definition) is 2. The molecule has 0 bridgehead atoms. The summed E-state index contributed by atoms with van der Waals surface area (Å²) in [5.41, 5.74) is 8.40. The minimum Gasteiger partial charge on any atom is -0.360 e. The third-order valence-electron chi connectivity index (χ3n) is 3.80. The van der Waals surface area contributed by atoms with Gasteiger partial charge >= 0.3 is 0 Å². The third-order valence-corrected chi connectivity index (χ3v) is 4.65. The molecular formula is C13H17N3S. The van der Waals surface area contributed by atoms with Crippen LogP contribution in [0.4, 0.5) is 0 Å². The fourth-order valence-corrected chi connectivity index (χ4v) is 3.42. The minimum absolute atomic E-state index is 0.352. The molecule has 3 nitrogen and oxygen atoms in total. The van der Waals surface area contributed by atoms with Crippen molar-refractivity contribution in [3.05, 3.63) is 28.7 Å². The molecule has 0 radical (unpaired) electrons. The van der Waals surface area contributed by atoms with Crippen LogP contribution in [-0.4, -0.2) is 16.5 Å². The van der Waals surface area contributed by atoms with Crippen LogP contribution in [0.3, 0.4) is 0 Å². The molecule has 0 aromatic carbocycles. The Balaban J connectivity index is 1.77. The lowest BCUT2D eigenvalue weighted by Crippen LogP contribution is -2.39. The molecule has 0 unspecified atom stereocenters. The zero-order chi connectivity index (χ0) is 11.7. The predicted molar refractivity (Wildman–Crippen MR) is 70.9 cm³/mol. The van der Waals surface area contributed by atoms with Crippen molar-refractivity contribution in [2.24, 2.45) is 11.1 Å². The first-order chi connectivity index (χ1) is 8.31. The Bertz CT molecular complexity index is 477. The van der Waals surface area contributed by atoms with Crippen molar-refractivity contribution in [1.82, 2.24) is 9.97 Å². The molecule has 1 fully saturated rings. The summed E-state index contributed by atoms with van der Waals surface area (Å²) >= 11 is 1.75. The van der Waals surface area contributed by atoms with E-state index in [9.17, 15) is 0 Å². The summed E-state index contributed by atoms with van der Waals surface area (Å²) in [5, 5.41) is 3.35. The van der Waals surface area contributed by atoms with E-state index in [0.29, 0.717) is 5.41 Å². The maximum atomic E-state index is 5.89. The average molecular weight is 247 g/mol. The highest BCUT2D eigenvalue weighted by Crippen LogP contribution is 2.43. The Morgan fingerprint density at radius 2 is 2.35 bits per heavy atom. The van der Waals surface area contributed by atoms with Crippen molar-refractivity contribution in [3.8, 4) is 11.4 Å². The molecule has 0 amide bonds. The smallest absolute Gasteiger partial charge is 0.0976 e. The zero-order valence-corrected chi connectivity index (χ0v) is 10.6. The largest absolute Gasteiger partial charge is 0.360 e. The van der Waals surface area contributed by atoms with Gasteiger partial charge in [-0.1, -0.05) is 6.42 Å². The van der Waals surface area contributed by atoms with Crippen LogP contribution >= 0.6 is 11.3 Å². The lowest BCUT2D eigenvalue weighted by atomic mass is 9.67. The molecule has 0 saturated heterocycles. The van der Waals surface area contributed by atoms with E-state index in [1.807, 2.05) is 12.3 Å². The van der Waals surface area contributed by atoms with Crippen LogP contribution in [0.2, 0.25) is 0 Å². The standard InChI is InChI=1S/C13H17N3S/c14-9-13(4-2-5-13)7-12-16-11(8-17-12)10-3-1-6-15-10/h1,3,6,8,15H,2,4-5,7,9,14H2. The van der Waals surface area contributed by atoms with Gasteiger partial charge in [0.15, 0.2) is 0 Å². The summed E-state index contributed by atoms with van der Waals surface area (Å²) in [6, 6.07) is 4.06. The molecule has 17 heavy (non-hydrogen) atoms. The van der Waals surface area contributed by atoms with Crippen LogP contribution in [-0.2, 0) is 6.42 Å². The highest BCUT2D eigenvalue weighted by Gasteiger charge is 2.36. The van der Waals surface area contributed by atoms with E-state index in [1.54, 1.807) is 11.3 Å². The second kappa shape index (κ2) is 4.27. The monoisotopic (exact) mass is 247 g/mol. The van der Waals surface area contributed by atoms with Gasteiger partial charge in [-0.05, 0) is 36.9 Å². The Kier molecular flexibility index (Phi) is 2.76. The van der Waals surface area contributed by atoms with Crippen LogP contribution in [0.15, 0.2) is 23.7 Å². The maximum Gasteiger partial charge on any atom is 0.0976 e. The number of hydrogen-bond acceptors (Lipinski definition) is 3. The third kappa shape index (κ3) is 2.03. The molecule has 3 N–H and O–H groups in total. The fraction of sp³-hybridized carbons (Fsp3) is 0.462. The van der Waals surface area contributed by atoms with E-state index in [4.69, 9.17) is 10.7 Å². The van der Waals surface area contributed by atoms with E-state index in [-0.39, 0.29) is 0 Å². The van der Waals surface area contributed by atoms with E-state index in [0.717, 1.165) is 24.4 Å². The number of nitrogens with one attached hydrogen (secondary N) is 1. The molecule has 2 aromatic heterocycles. The van der Waals surface area contributed by atoms with E-state index < -0.39 is 0 Å². The Labute approximate surface area is 105 Å². The molecule has 4 heteroatoms. The van der Waals surface area contributed by atoms with Crippen LogP contribution in [0.25, 0.3) is 11.4 Å². The zero-order valence-electron chi connectivity index (χ0n) is 9.78. The van der Waals surface area contributed by atoms with E-state index in [1.165, 1.54) is 24.3 Å². The number of aromatic nitrogens is 2. The van der Waals surface area contributed by atoms with Crippen molar-refractivity contribution < 1.29 is 0 Å². The predicted octanol–water partition coefficient (Wildman–Crippen LogP) is 2.81. The lowest BCUT2D eigenvalue weighted by Gasteiger charge is -2.40. The second-order valence-electron chi connectivity index (χ2n) is 4.94. The van der Waals surface area contributed by atoms with Crippen molar-refractivity contribution in [2.45, 2.75) is 25.7 Å². The highest BCUT2D eigenvalue weighted by molar-refractivity contribution is 7.09. The normalized spacial score (nSPS) is 17.9. The van der Waals surface area contributed by atoms with E-state index >= 15 is 0 Å². The number of nitrogens with two attached hydrogens (primary N) is 1. The van der Waals surface area contributed by atoms with E-state index in [2.05, 4.69) is 16.4 Å². The summed E-state index contributed by atoms with van der Waals surface area (Å²) in [7, 11) is 0. The van der Waals surface area contributed by atoms with Gasteiger partial charge in [-0.3, -0.25) is 0 Å². The molecule has 2 aromatic rings. The number of thiazole rings is 1. The van der Waals surface area contributed by atoms with Crippen molar-refractivity contribution in [2.75, 3.05) is 6.54 Å². The topological polar surface area (TPSA) is 54.7 Å². The molecule has 2 heterocycles. The quantitative estimate of drug-likeness (QED) is 0.873. The number of rotatable bonds is 4. The average Bonchev–Trinajstić information content (AvgIpc) is 2.94. The Morgan fingerprint density at radius 3 is 2.94 bits per heavy atom. The van der Waals surface area contributed by atoms with Crippen LogP contribution in [0.1, 0.15) is 24.3 Å². The first-order valence-electron chi connectivity index (χ1n) is 6.10. The van der Waals surface area contributed by atoms with Gasteiger partial charge in [0.1, 0.15) is 0 Å². The van der Waals surface area contributed by atoms with Gasteiger partial charge in [-0.2, -0.15) is 0 Å². The maximum absolute atomic E-state index is 5.89. The van der Waals surface area contributed by atoms with Crippen LogP contribution in [0.5, 0.6) is 0 Å². The van der Waals surface area contributed by atoms with Crippen molar-refractivity contribution in [1.29, 1.82) is 0 Å². The molecule has 1 aliphatic rings. The fourth-order valence-electron chi connectivity index (χ4n) is 2.46. The van der Waals surface area contributed by atoms with Crippen molar-refractivity contribution >= 4 is 11.3 Å². The molecule has 3 rings (SSSR count). The molecule has 90 valence electrons. The second-order valence-corrected chi connectivity index (χ2v) is 5.89. The summed E-state index contributed by atoms with van der Waals surface area (Å²) in [6.07, 6.45) is 6.84. The Morgan fingerprint density at radius 1 is 1.47 bits per heavy atom. The number of H-pyrrole nitrogens is 1. The van der Waals surface area contributed by atoms with Gasteiger partial charge in [0.25, 0.3) is 0 Å². The first-order valence-corrected chi connectivity index (χ1v) is 6.98. The van der Waals surface area contributed by atoms with Gasteiger partial charge in [-0.25, -0.2) is 4.98 Å². The lowest BCUT2D eigenvalue weighted by molar-refractivity contribution is 0.145. The van der Waals surface area contributed by atoms with Gasteiger partial charge in [0.2, 0.25) is 0 Å². The Hall–Kier alpha value is -1.13. The summed E-state index contributed by atoms with van der Waals surface area (Å²) < 4.78 is 0. The molecule has 0 aliphatic heterocycles. The van der Waals surface area contributed by atoms with Crippen LogP contribution in [0, 0.1) is 5.41 Å². The van der Waals surface area contributed by atoms with Gasteiger partial charge in [-0.15, -0.1) is 11.3 Å². The number of aromatic amines is 1. The van der Waals surface area contributed by atoms with Gasteiger partial charge in [0, 0.05) is 18.0 Å². The minimum atomic E-state index is 0.352. The molecule has 1 aliphatic carbocycles. The molecule has 1 saturated carbocycles. The highest BCUT2D eigenvalue weighted by atomic mass is 32.1. The summed E-state index contributed by atoms with van der Waals surface area (Å²) in [4.78, 5) is 7.89. The van der Waals surface area contributed by atoms with Crippen molar-refractivity contribution in [3.63, 3.8) is 0 Å². The molecular weight excluding hydrogens is 230 g/mol. The van der Waals surface area contributed by atoms with Gasteiger partial charge < -0.3 is 10.7 Å². The summed E-state index contributed by atoms with van der Waals surface area (Å²) in [5.74, 6) is 0. The first kappa shape index (κ1) is 11.0. The summed E-state index contributed by atoms with van der Waals surface area (Å²) in [6.45, 7) is 0.796. The van der Waals surface area contributed by atoms with Gasteiger partial charge in [0.05, 0.1) is 16.4 Å². The molecule has 0 spiro atoms. The SMILES string of the molecule is NCC1(Cc2nc(-c3ccc[nH]3)cs2)CCC1. The molecule has 0 atom stereocenters. The number of nitrogens with zero attached hydrogens (tertiary/aromatic N) is 1.